The Morgan fingerprint density at radius 1 is 0.469 bits per heavy atom. The minimum Gasteiger partial charge on any atom is -0.457 e. The average Bonchev–Trinajstić information content (AvgIpc) is 3.11. The van der Waals surface area contributed by atoms with Crippen molar-refractivity contribution in [3.05, 3.63) is 24.3 Å². The summed E-state index contributed by atoms with van der Waals surface area (Å²) in [7, 11) is 0. The molecule has 0 saturated heterocycles. The lowest BCUT2D eigenvalue weighted by atomic mass is 10.0. The van der Waals surface area contributed by atoms with Crippen molar-refractivity contribution >= 4 is 5.97 Å². The molecule has 0 aromatic heterocycles. The van der Waals surface area contributed by atoms with Crippen LogP contribution >= 0.6 is 0 Å². The van der Waals surface area contributed by atoms with E-state index < -0.39 is 6.10 Å². The van der Waals surface area contributed by atoms with Gasteiger partial charge in [-0.1, -0.05) is 192 Å². The van der Waals surface area contributed by atoms with Crippen LogP contribution in [0.5, 0.6) is 0 Å². The number of carbonyl (C=O) groups excluding carboxylic acids is 1. The second-order valence-electron chi connectivity index (χ2n) is 14.8. The SMILES string of the molecule is CCCC/C=C\CCCCCCCC(=O)OC(CO)COCCCCCCCCCCCCCCCC/C=C\CCCCCCCCCC. The molecule has 0 rings (SSSR count). The molecular formula is C45H86O4. The van der Waals surface area contributed by atoms with E-state index in [9.17, 15) is 9.90 Å². The first-order valence-corrected chi connectivity index (χ1v) is 21.9. The molecule has 0 saturated carbocycles. The zero-order valence-corrected chi connectivity index (χ0v) is 33.2. The van der Waals surface area contributed by atoms with Gasteiger partial charge in [-0.25, -0.2) is 0 Å². The van der Waals surface area contributed by atoms with E-state index in [-0.39, 0.29) is 12.6 Å². The van der Waals surface area contributed by atoms with E-state index in [0.29, 0.717) is 19.6 Å². The van der Waals surface area contributed by atoms with Gasteiger partial charge in [0.05, 0.1) is 13.2 Å². The molecule has 0 radical (unpaired) electrons. The third kappa shape index (κ3) is 41.2. The first kappa shape index (κ1) is 47.9. The molecule has 0 aromatic carbocycles. The summed E-state index contributed by atoms with van der Waals surface area (Å²) in [6.45, 7) is 5.32. The van der Waals surface area contributed by atoms with E-state index in [2.05, 4.69) is 38.2 Å². The molecule has 1 unspecified atom stereocenters. The van der Waals surface area contributed by atoms with Gasteiger partial charge >= 0.3 is 5.97 Å². The number of aliphatic hydroxyl groups excluding tert-OH is 1. The monoisotopic (exact) mass is 691 g/mol. The lowest BCUT2D eigenvalue weighted by Crippen LogP contribution is -2.27. The maximum absolute atomic E-state index is 12.1. The molecule has 4 nitrogen and oxygen atoms in total. The Kier molecular flexibility index (Phi) is 42.0. The summed E-state index contributed by atoms with van der Waals surface area (Å²) >= 11 is 0. The Balaban J connectivity index is 3.34. The first-order chi connectivity index (χ1) is 24.2. The van der Waals surface area contributed by atoms with Gasteiger partial charge in [-0.2, -0.15) is 0 Å². The fourth-order valence-corrected chi connectivity index (χ4v) is 6.42. The standard InChI is InChI=1S/C45H86O4/c1-3-5-7-9-11-13-15-16-17-18-19-20-21-22-23-24-25-26-27-28-29-31-33-35-37-39-41-48-43-44(42-46)49-45(47)40-38-36-34-32-30-14-12-10-8-6-4-2/h10,12,18-19,44,46H,3-9,11,13-17,20-43H2,1-2H3/b12-10-,19-18-. The van der Waals surface area contributed by atoms with Gasteiger partial charge < -0.3 is 14.6 Å². The summed E-state index contributed by atoms with van der Waals surface area (Å²) in [5.74, 6) is -0.209. The van der Waals surface area contributed by atoms with Crippen molar-refractivity contribution in [1.29, 1.82) is 0 Å². The average molecular weight is 691 g/mol. The number of carbonyl (C=O) groups is 1. The van der Waals surface area contributed by atoms with Crippen molar-refractivity contribution in [2.75, 3.05) is 19.8 Å². The molecule has 0 aromatic rings. The number of hydrogen-bond acceptors (Lipinski definition) is 4. The normalized spacial score (nSPS) is 12.5. The Hall–Kier alpha value is -1.13. The Morgan fingerprint density at radius 2 is 0.816 bits per heavy atom. The van der Waals surface area contributed by atoms with Gasteiger partial charge in [0.1, 0.15) is 6.10 Å². The van der Waals surface area contributed by atoms with Crippen molar-refractivity contribution in [3.63, 3.8) is 0 Å². The maximum Gasteiger partial charge on any atom is 0.306 e. The summed E-state index contributed by atoms with van der Waals surface area (Å²) in [6.07, 6.45) is 52.5. The van der Waals surface area contributed by atoms with Gasteiger partial charge in [-0.05, 0) is 57.8 Å². The number of aliphatic hydroxyl groups is 1. The molecule has 0 spiro atoms. The lowest BCUT2D eigenvalue weighted by molar-refractivity contribution is -0.154. The topological polar surface area (TPSA) is 55.8 Å². The smallest absolute Gasteiger partial charge is 0.306 e. The molecule has 0 heterocycles. The van der Waals surface area contributed by atoms with Crippen molar-refractivity contribution in [2.45, 2.75) is 238 Å². The van der Waals surface area contributed by atoms with Gasteiger partial charge in [0.15, 0.2) is 0 Å². The van der Waals surface area contributed by atoms with Crippen LogP contribution in [0.25, 0.3) is 0 Å². The van der Waals surface area contributed by atoms with E-state index in [1.807, 2.05) is 0 Å². The maximum atomic E-state index is 12.1. The second kappa shape index (κ2) is 43.0. The fourth-order valence-electron chi connectivity index (χ4n) is 6.42. The van der Waals surface area contributed by atoms with E-state index in [1.54, 1.807) is 0 Å². The zero-order chi connectivity index (χ0) is 35.6. The van der Waals surface area contributed by atoms with Gasteiger partial charge in [0.2, 0.25) is 0 Å². The lowest BCUT2D eigenvalue weighted by Gasteiger charge is -2.15. The van der Waals surface area contributed by atoms with Crippen molar-refractivity contribution in [1.82, 2.24) is 0 Å². The number of hydrogen-bond donors (Lipinski definition) is 1. The van der Waals surface area contributed by atoms with Crippen molar-refractivity contribution in [3.8, 4) is 0 Å². The van der Waals surface area contributed by atoms with Gasteiger partial charge in [-0.15, -0.1) is 0 Å². The van der Waals surface area contributed by atoms with Crippen molar-refractivity contribution in [2.24, 2.45) is 0 Å². The Bertz CT molecular complexity index is 688. The van der Waals surface area contributed by atoms with Crippen molar-refractivity contribution < 1.29 is 19.4 Å². The molecule has 0 amide bonds. The predicted octanol–water partition coefficient (Wildman–Crippen LogP) is 14.3. The van der Waals surface area contributed by atoms with Crippen LogP contribution in [0.4, 0.5) is 0 Å². The van der Waals surface area contributed by atoms with Crippen LogP contribution in [0, 0.1) is 0 Å². The first-order valence-electron chi connectivity index (χ1n) is 21.9. The molecule has 49 heavy (non-hydrogen) atoms. The summed E-state index contributed by atoms with van der Waals surface area (Å²) in [6, 6.07) is 0. The quantitative estimate of drug-likeness (QED) is 0.0394. The molecular weight excluding hydrogens is 604 g/mol. The number of unbranched alkanes of at least 4 members (excludes halogenated alkanes) is 29. The molecule has 0 aliphatic rings. The predicted molar refractivity (Wildman–Crippen MR) is 214 cm³/mol. The van der Waals surface area contributed by atoms with E-state index in [4.69, 9.17) is 9.47 Å². The minimum absolute atomic E-state index is 0.172. The summed E-state index contributed by atoms with van der Waals surface area (Å²) in [5.41, 5.74) is 0. The fraction of sp³-hybridized carbons (Fsp3) is 0.889. The van der Waals surface area contributed by atoms with Crippen LogP contribution in [0.2, 0.25) is 0 Å². The van der Waals surface area contributed by atoms with Gasteiger partial charge in [-0.3, -0.25) is 4.79 Å². The van der Waals surface area contributed by atoms with E-state index >= 15 is 0 Å². The van der Waals surface area contributed by atoms with Crippen LogP contribution in [0.3, 0.4) is 0 Å². The van der Waals surface area contributed by atoms with Crippen LogP contribution in [-0.2, 0) is 14.3 Å². The van der Waals surface area contributed by atoms with Gasteiger partial charge in [0, 0.05) is 13.0 Å². The molecule has 1 N–H and O–H groups in total. The highest BCUT2D eigenvalue weighted by Crippen LogP contribution is 2.15. The molecule has 4 heteroatoms. The minimum atomic E-state index is -0.534. The summed E-state index contributed by atoms with van der Waals surface area (Å²) in [4.78, 5) is 12.1. The van der Waals surface area contributed by atoms with Crippen LogP contribution in [0.1, 0.15) is 232 Å². The van der Waals surface area contributed by atoms with Crippen LogP contribution < -0.4 is 0 Å². The summed E-state index contributed by atoms with van der Waals surface area (Å²) < 4.78 is 11.1. The molecule has 0 aliphatic carbocycles. The summed E-state index contributed by atoms with van der Waals surface area (Å²) in [5, 5.41) is 9.57. The van der Waals surface area contributed by atoms with E-state index in [0.717, 1.165) is 19.3 Å². The molecule has 0 bridgehead atoms. The molecule has 0 fully saturated rings. The zero-order valence-electron chi connectivity index (χ0n) is 33.2. The molecule has 290 valence electrons. The number of ether oxygens (including phenoxy) is 2. The van der Waals surface area contributed by atoms with Gasteiger partial charge in [0.25, 0.3) is 0 Å². The highest BCUT2D eigenvalue weighted by molar-refractivity contribution is 5.69. The molecule has 0 aliphatic heterocycles. The van der Waals surface area contributed by atoms with Crippen LogP contribution in [0.15, 0.2) is 24.3 Å². The van der Waals surface area contributed by atoms with E-state index in [1.165, 1.54) is 193 Å². The van der Waals surface area contributed by atoms with Crippen LogP contribution in [-0.4, -0.2) is 37.0 Å². The number of rotatable bonds is 41. The third-order valence-corrected chi connectivity index (χ3v) is 9.75. The molecule has 1 atom stereocenters. The Morgan fingerprint density at radius 3 is 1.22 bits per heavy atom. The highest BCUT2D eigenvalue weighted by Gasteiger charge is 2.13. The largest absolute Gasteiger partial charge is 0.457 e. The highest BCUT2D eigenvalue weighted by atomic mass is 16.6. The Labute approximate surface area is 307 Å². The number of allylic oxidation sites excluding steroid dienone is 4. The second-order valence-corrected chi connectivity index (χ2v) is 14.8. The third-order valence-electron chi connectivity index (χ3n) is 9.75. The number of esters is 1.